The molecule has 0 unspecified atom stereocenters. The van der Waals surface area contributed by atoms with E-state index in [9.17, 15) is 22.4 Å². The van der Waals surface area contributed by atoms with Gasteiger partial charge in [-0.3, -0.25) is 4.79 Å². The molecule has 1 rings (SSSR count). The molecule has 0 fully saturated rings. The number of hydrogen-bond acceptors (Lipinski definition) is 8. The first-order valence-corrected chi connectivity index (χ1v) is 9.88. The van der Waals surface area contributed by atoms with E-state index < -0.39 is 35.0 Å². The summed E-state index contributed by atoms with van der Waals surface area (Å²) in [5.74, 6) is -9.43. The summed E-state index contributed by atoms with van der Waals surface area (Å²) < 4.78 is 88.3. The SMILES string of the molecule is COCCOCCOCCOCCOCCOCCC(=O)Oc1c(F)c(F)cc(F)c1F. The summed E-state index contributed by atoms with van der Waals surface area (Å²) in [5, 5.41) is 0. The average molecular weight is 472 g/mol. The molecule has 0 heterocycles. The van der Waals surface area contributed by atoms with Crippen LogP contribution in [0.25, 0.3) is 0 Å². The fourth-order valence-corrected chi connectivity index (χ4v) is 2.09. The van der Waals surface area contributed by atoms with Gasteiger partial charge in [0.15, 0.2) is 11.6 Å². The number of hydrogen-bond donors (Lipinski definition) is 0. The fraction of sp³-hybridized carbons (Fsp3) is 0.650. The van der Waals surface area contributed by atoms with Crippen LogP contribution in [0.2, 0.25) is 0 Å². The van der Waals surface area contributed by atoms with Crippen molar-refractivity contribution in [2.45, 2.75) is 6.42 Å². The lowest BCUT2D eigenvalue weighted by atomic mass is 10.3. The Hall–Kier alpha value is -1.83. The normalized spacial score (nSPS) is 11.2. The Kier molecular flexibility index (Phi) is 15.6. The standard InChI is InChI=1S/C20H28F4O8/c1-26-4-5-28-8-9-30-12-13-31-11-10-29-7-6-27-3-2-17(25)32-20-18(23)15(21)14-16(22)19(20)24/h14H,2-13H2,1H3. The largest absolute Gasteiger partial charge is 0.420 e. The maximum atomic E-state index is 13.4. The summed E-state index contributed by atoms with van der Waals surface area (Å²) in [6, 6.07) is 0.0202. The molecule has 0 saturated carbocycles. The summed E-state index contributed by atoms with van der Waals surface area (Å²) in [6.07, 6.45) is -0.377. The van der Waals surface area contributed by atoms with Crippen molar-refractivity contribution in [3.05, 3.63) is 29.3 Å². The zero-order valence-corrected chi connectivity index (χ0v) is 17.8. The van der Waals surface area contributed by atoms with Crippen LogP contribution in [0.15, 0.2) is 6.07 Å². The number of esters is 1. The third-order valence-electron chi connectivity index (χ3n) is 3.66. The van der Waals surface area contributed by atoms with Crippen molar-refractivity contribution in [2.75, 3.05) is 79.8 Å². The Morgan fingerprint density at radius 1 is 0.656 bits per heavy atom. The maximum Gasteiger partial charge on any atom is 0.313 e. The van der Waals surface area contributed by atoms with E-state index in [1.807, 2.05) is 0 Å². The van der Waals surface area contributed by atoms with Crippen LogP contribution in [0.5, 0.6) is 5.75 Å². The Balaban J connectivity index is 1.94. The molecule has 0 N–H and O–H groups in total. The maximum absolute atomic E-state index is 13.4. The van der Waals surface area contributed by atoms with Gasteiger partial charge in [0, 0.05) is 13.2 Å². The smallest absolute Gasteiger partial charge is 0.313 e. The molecular formula is C20H28F4O8. The van der Waals surface area contributed by atoms with E-state index in [4.69, 9.17) is 28.4 Å². The third kappa shape index (κ3) is 12.3. The van der Waals surface area contributed by atoms with Gasteiger partial charge in [-0.1, -0.05) is 0 Å². The minimum absolute atomic E-state index is 0.0202. The molecule has 0 aliphatic carbocycles. The Morgan fingerprint density at radius 2 is 1.03 bits per heavy atom. The topological polar surface area (TPSA) is 81.7 Å². The van der Waals surface area contributed by atoms with Crippen LogP contribution in [0.1, 0.15) is 6.42 Å². The molecule has 0 radical (unpaired) electrons. The van der Waals surface area contributed by atoms with E-state index in [0.717, 1.165) is 0 Å². The summed E-state index contributed by atoms with van der Waals surface area (Å²) in [5.41, 5.74) is 0. The number of carbonyl (C=O) groups excluding carboxylic acids is 1. The van der Waals surface area contributed by atoms with Crippen LogP contribution in [0.4, 0.5) is 17.6 Å². The summed E-state index contributed by atoms with van der Waals surface area (Å²) >= 11 is 0. The van der Waals surface area contributed by atoms with E-state index in [1.54, 1.807) is 7.11 Å². The molecule has 1 aromatic rings. The van der Waals surface area contributed by atoms with E-state index >= 15 is 0 Å². The first-order chi connectivity index (χ1) is 15.5. The summed E-state index contributed by atoms with van der Waals surface area (Å²) in [6.45, 7) is 3.81. The molecule has 0 aliphatic heterocycles. The molecule has 12 heteroatoms. The quantitative estimate of drug-likeness (QED) is 0.0998. The third-order valence-corrected chi connectivity index (χ3v) is 3.66. The summed E-state index contributed by atoms with van der Waals surface area (Å²) in [4.78, 5) is 11.5. The molecule has 1 aromatic carbocycles. The molecule has 0 aliphatic rings. The summed E-state index contributed by atoms with van der Waals surface area (Å²) in [7, 11) is 1.60. The van der Waals surface area contributed by atoms with Crippen LogP contribution in [-0.2, 0) is 33.2 Å². The van der Waals surface area contributed by atoms with Crippen molar-refractivity contribution >= 4 is 5.97 Å². The van der Waals surface area contributed by atoms with Gasteiger partial charge in [-0.25, -0.2) is 8.78 Å². The monoisotopic (exact) mass is 472 g/mol. The van der Waals surface area contributed by atoms with Gasteiger partial charge in [0.25, 0.3) is 0 Å². The van der Waals surface area contributed by atoms with Crippen LogP contribution < -0.4 is 4.74 Å². The second-order valence-electron chi connectivity index (χ2n) is 6.08. The molecule has 8 nitrogen and oxygen atoms in total. The van der Waals surface area contributed by atoms with E-state index in [0.29, 0.717) is 52.9 Å². The first kappa shape index (κ1) is 28.2. The van der Waals surface area contributed by atoms with Crippen LogP contribution in [0.3, 0.4) is 0 Å². The first-order valence-electron chi connectivity index (χ1n) is 9.88. The highest BCUT2D eigenvalue weighted by atomic mass is 19.2. The highest BCUT2D eigenvalue weighted by molar-refractivity contribution is 5.72. The zero-order valence-electron chi connectivity index (χ0n) is 17.8. The molecule has 32 heavy (non-hydrogen) atoms. The fourth-order valence-electron chi connectivity index (χ4n) is 2.09. The molecule has 0 bridgehead atoms. The number of ether oxygens (including phenoxy) is 7. The van der Waals surface area contributed by atoms with E-state index in [-0.39, 0.29) is 32.3 Å². The number of benzene rings is 1. The van der Waals surface area contributed by atoms with Gasteiger partial charge in [-0.05, 0) is 0 Å². The van der Waals surface area contributed by atoms with Gasteiger partial charge in [0.1, 0.15) is 0 Å². The number of rotatable bonds is 19. The van der Waals surface area contributed by atoms with E-state index in [1.165, 1.54) is 0 Å². The molecule has 0 saturated heterocycles. The van der Waals surface area contributed by atoms with Crippen LogP contribution in [-0.4, -0.2) is 85.8 Å². The Labute approximate surface area is 183 Å². The van der Waals surface area contributed by atoms with Crippen molar-refractivity contribution in [3.8, 4) is 5.75 Å². The number of halogens is 4. The highest BCUT2D eigenvalue weighted by Gasteiger charge is 2.22. The molecule has 0 spiro atoms. The van der Waals surface area contributed by atoms with Crippen LogP contribution in [0, 0.1) is 23.3 Å². The predicted molar refractivity (Wildman–Crippen MR) is 102 cm³/mol. The van der Waals surface area contributed by atoms with Gasteiger partial charge >= 0.3 is 5.97 Å². The molecule has 0 amide bonds. The molecule has 184 valence electrons. The molecule has 0 aromatic heterocycles. The lowest BCUT2D eigenvalue weighted by molar-refractivity contribution is -0.136. The van der Waals surface area contributed by atoms with Crippen molar-refractivity contribution in [2.24, 2.45) is 0 Å². The van der Waals surface area contributed by atoms with E-state index in [2.05, 4.69) is 4.74 Å². The van der Waals surface area contributed by atoms with Crippen LogP contribution >= 0.6 is 0 Å². The lowest BCUT2D eigenvalue weighted by Crippen LogP contribution is -2.16. The van der Waals surface area contributed by atoms with Crippen molar-refractivity contribution < 1.29 is 55.5 Å². The highest BCUT2D eigenvalue weighted by Crippen LogP contribution is 2.26. The van der Waals surface area contributed by atoms with Gasteiger partial charge in [0.2, 0.25) is 17.4 Å². The van der Waals surface area contributed by atoms with Crippen molar-refractivity contribution in [1.29, 1.82) is 0 Å². The van der Waals surface area contributed by atoms with Gasteiger partial charge < -0.3 is 33.2 Å². The predicted octanol–water partition coefficient (Wildman–Crippen LogP) is 2.27. The average Bonchev–Trinajstić information content (AvgIpc) is 2.77. The Bertz CT molecular complexity index is 637. The molecular weight excluding hydrogens is 444 g/mol. The van der Waals surface area contributed by atoms with Crippen molar-refractivity contribution in [3.63, 3.8) is 0 Å². The second-order valence-corrected chi connectivity index (χ2v) is 6.08. The zero-order chi connectivity index (χ0) is 23.6. The molecule has 0 atom stereocenters. The van der Waals surface area contributed by atoms with Gasteiger partial charge in [0.05, 0.1) is 79.1 Å². The van der Waals surface area contributed by atoms with Gasteiger partial charge in [-0.15, -0.1) is 0 Å². The number of methoxy groups -OCH3 is 1. The lowest BCUT2D eigenvalue weighted by Gasteiger charge is -2.09. The Morgan fingerprint density at radius 3 is 1.44 bits per heavy atom. The minimum Gasteiger partial charge on any atom is -0.420 e. The minimum atomic E-state index is -1.78. The van der Waals surface area contributed by atoms with Crippen molar-refractivity contribution in [1.82, 2.24) is 0 Å². The second kappa shape index (κ2) is 17.7. The van der Waals surface area contributed by atoms with Gasteiger partial charge in [-0.2, -0.15) is 8.78 Å². The number of carbonyl (C=O) groups is 1.